The second-order valence-corrected chi connectivity index (χ2v) is 7.13. The molecule has 0 fully saturated rings. The first-order valence-corrected chi connectivity index (χ1v) is 9.27. The highest BCUT2D eigenvalue weighted by molar-refractivity contribution is 6.42. The Morgan fingerprint density at radius 1 is 1.27 bits per heavy atom. The first-order valence-electron chi connectivity index (χ1n) is 8.52. The molecule has 26 heavy (non-hydrogen) atoms. The maximum absolute atomic E-state index is 13.1. The summed E-state index contributed by atoms with van der Waals surface area (Å²) in [6, 6.07) is 4.90. The summed E-state index contributed by atoms with van der Waals surface area (Å²) in [7, 11) is 0. The highest BCUT2D eigenvalue weighted by atomic mass is 35.5. The van der Waals surface area contributed by atoms with Gasteiger partial charge in [-0.25, -0.2) is 4.79 Å². The zero-order valence-corrected chi connectivity index (χ0v) is 16.1. The summed E-state index contributed by atoms with van der Waals surface area (Å²) < 4.78 is 1.87. The first-order chi connectivity index (χ1) is 12.4. The van der Waals surface area contributed by atoms with Gasteiger partial charge in [0.2, 0.25) is 5.43 Å². The SMILES string of the molecule is CCn1c(C)c(C2=CCCC2)c(=O)c(C(=O)O)c1-c1ccc(Cl)c(Cl)c1. The molecule has 136 valence electrons. The third-order valence-electron chi connectivity index (χ3n) is 4.81. The third kappa shape index (κ3) is 3.08. The normalized spacial score (nSPS) is 13.8. The van der Waals surface area contributed by atoms with E-state index >= 15 is 0 Å². The lowest BCUT2D eigenvalue weighted by molar-refractivity contribution is 0.0695. The number of carbonyl (C=O) groups is 1. The van der Waals surface area contributed by atoms with E-state index in [0.717, 1.165) is 30.5 Å². The molecule has 1 heterocycles. The summed E-state index contributed by atoms with van der Waals surface area (Å²) in [5.74, 6) is -1.24. The molecule has 0 amide bonds. The van der Waals surface area contributed by atoms with Crippen molar-refractivity contribution in [2.45, 2.75) is 39.7 Å². The van der Waals surface area contributed by atoms with E-state index in [2.05, 4.69) is 0 Å². The van der Waals surface area contributed by atoms with Gasteiger partial charge in [-0.15, -0.1) is 0 Å². The number of hydrogen-bond acceptors (Lipinski definition) is 2. The van der Waals surface area contributed by atoms with Crippen LogP contribution in [0.25, 0.3) is 16.8 Å². The van der Waals surface area contributed by atoms with Crippen LogP contribution in [0.4, 0.5) is 0 Å². The Balaban J connectivity index is 2.42. The molecule has 0 saturated heterocycles. The number of hydrogen-bond donors (Lipinski definition) is 1. The highest BCUT2D eigenvalue weighted by Crippen LogP contribution is 2.34. The minimum absolute atomic E-state index is 0.223. The Hall–Kier alpha value is -2.04. The van der Waals surface area contributed by atoms with E-state index in [1.165, 1.54) is 0 Å². The van der Waals surface area contributed by atoms with Crippen LogP contribution in [0.2, 0.25) is 10.0 Å². The van der Waals surface area contributed by atoms with Crippen molar-refractivity contribution in [2.24, 2.45) is 0 Å². The molecule has 3 rings (SSSR count). The second-order valence-electron chi connectivity index (χ2n) is 6.31. The molecular weight excluding hydrogens is 373 g/mol. The van der Waals surface area contributed by atoms with Gasteiger partial charge in [-0.3, -0.25) is 4.79 Å². The molecule has 6 heteroatoms. The number of halogens is 2. The van der Waals surface area contributed by atoms with Gasteiger partial charge < -0.3 is 9.67 Å². The van der Waals surface area contributed by atoms with Crippen LogP contribution in [0.15, 0.2) is 29.1 Å². The Bertz CT molecular complexity index is 990. The summed E-state index contributed by atoms with van der Waals surface area (Å²) in [6.45, 7) is 4.32. The van der Waals surface area contributed by atoms with Crippen molar-refractivity contribution in [1.82, 2.24) is 4.57 Å². The number of pyridine rings is 1. The van der Waals surface area contributed by atoms with Crippen LogP contribution in [0.5, 0.6) is 0 Å². The number of benzene rings is 1. The number of rotatable bonds is 4. The molecule has 0 spiro atoms. The van der Waals surface area contributed by atoms with Crippen LogP contribution in [-0.2, 0) is 6.54 Å². The second kappa shape index (κ2) is 7.29. The fraction of sp³-hybridized carbons (Fsp3) is 0.300. The third-order valence-corrected chi connectivity index (χ3v) is 5.55. The Labute approximate surface area is 161 Å². The molecular formula is C20H19Cl2NO3. The smallest absolute Gasteiger partial charge is 0.341 e. The summed E-state index contributed by atoms with van der Waals surface area (Å²) in [6.07, 6.45) is 4.73. The van der Waals surface area contributed by atoms with Crippen LogP contribution in [0.3, 0.4) is 0 Å². The van der Waals surface area contributed by atoms with Gasteiger partial charge in [0.25, 0.3) is 0 Å². The standard InChI is InChI=1S/C20H19Cl2NO3/c1-3-23-11(2)16(12-6-4-5-7-12)19(24)17(20(25)26)18(23)13-8-9-14(21)15(22)10-13/h6,8-10H,3-5,7H2,1-2H3,(H,25,26). The van der Waals surface area contributed by atoms with E-state index in [-0.39, 0.29) is 5.56 Å². The molecule has 1 aliphatic carbocycles. The first kappa shape index (κ1) is 18.7. The van der Waals surface area contributed by atoms with Gasteiger partial charge in [0.15, 0.2) is 0 Å². The fourth-order valence-electron chi connectivity index (χ4n) is 3.65. The number of carboxylic acid groups (broad SMARTS) is 1. The maximum Gasteiger partial charge on any atom is 0.341 e. The van der Waals surface area contributed by atoms with E-state index in [0.29, 0.717) is 33.4 Å². The molecule has 2 aromatic rings. The highest BCUT2D eigenvalue weighted by Gasteiger charge is 2.27. The van der Waals surface area contributed by atoms with E-state index in [9.17, 15) is 14.7 Å². The number of nitrogens with zero attached hydrogens (tertiary/aromatic N) is 1. The number of carboxylic acids is 1. The van der Waals surface area contributed by atoms with Gasteiger partial charge >= 0.3 is 5.97 Å². The lowest BCUT2D eigenvalue weighted by atomic mass is 9.96. The molecule has 1 N–H and O–H groups in total. The lowest BCUT2D eigenvalue weighted by Gasteiger charge is -2.21. The zero-order chi connectivity index (χ0) is 19.0. The van der Waals surface area contributed by atoms with Crippen LogP contribution in [0, 0.1) is 6.92 Å². The number of allylic oxidation sites excluding steroid dienone is 2. The predicted molar refractivity (Wildman–Crippen MR) is 105 cm³/mol. The summed E-state index contributed by atoms with van der Waals surface area (Å²) in [4.78, 5) is 25.2. The maximum atomic E-state index is 13.1. The molecule has 1 aromatic carbocycles. The summed E-state index contributed by atoms with van der Waals surface area (Å²) >= 11 is 12.1. The van der Waals surface area contributed by atoms with Crippen molar-refractivity contribution in [3.8, 4) is 11.3 Å². The van der Waals surface area contributed by atoms with Gasteiger partial charge in [-0.2, -0.15) is 0 Å². The predicted octanol–water partition coefficient (Wildman–Crippen LogP) is 5.42. The molecule has 0 saturated carbocycles. The molecule has 0 unspecified atom stereocenters. The van der Waals surface area contributed by atoms with Crippen LogP contribution < -0.4 is 5.43 Å². The molecule has 0 radical (unpaired) electrons. The Morgan fingerprint density at radius 3 is 2.54 bits per heavy atom. The minimum atomic E-state index is -1.24. The Morgan fingerprint density at radius 2 is 2.00 bits per heavy atom. The van der Waals surface area contributed by atoms with Gasteiger partial charge in [0, 0.05) is 23.4 Å². The van der Waals surface area contributed by atoms with Gasteiger partial charge in [-0.1, -0.05) is 35.3 Å². The van der Waals surface area contributed by atoms with Crippen molar-refractivity contribution in [1.29, 1.82) is 0 Å². The number of aromatic carboxylic acids is 1. The largest absolute Gasteiger partial charge is 0.477 e. The monoisotopic (exact) mass is 391 g/mol. The van der Waals surface area contributed by atoms with E-state index < -0.39 is 11.4 Å². The van der Waals surface area contributed by atoms with Crippen LogP contribution in [0.1, 0.15) is 47.8 Å². The van der Waals surface area contributed by atoms with Gasteiger partial charge in [0.05, 0.1) is 15.7 Å². The molecule has 1 aromatic heterocycles. The molecule has 0 atom stereocenters. The fourth-order valence-corrected chi connectivity index (χ4v) is 3.95. The molecule has 1 aliphatic rings. The van der Waals surface area contributed by atoms with Crippen molar-refractivity contribution in [2.75, 3.05) is 0 Å². The van der Waals surface area contributed by atoms with E-state index in [1.807, 2.05) is 24.5 Å². The summed E-state index contributed by atoms with van der Waals surface area (Å²) in [5.41, 5.74) is 2.50. The van der Waals surface area contributed by atoms with Crippen molar-refractivity contribution in [3.05, 3.63) is 61.4 Å². The Kier molecular flexibility index (Phi) is 5.26. The lowest BCUT2D eigenvalue weighted by Crippen LogP contribution is -2.26. The van der Waals surface area contributed by atoms with Crippen molar-refractivity contribution in [3.63, 3.8) is 0 Å². The van der Waals surface area contributed by atoms with Gasteiger partial charge in [-0.05, 0) is 50.8 Å². The molecule has 4 nitrogen and oxygen atoms in total. The minimum Gasteiger partial charge on any atom is -0.477 e. The average Bonchev–Trinajstić information content (AvgIpc) is 3.10. The van der Waals surface area contributed by atoms with Crippen molar-refractivity contribution >= 4 is 34.7 Å². The topological polar surface area (TPSA) is 59.3 Å². The molecule has 0 bridgehead atoms. The molecule has 0 aliphatic heterocycles. The summed E-state index contributed by atoms with van der Waals surface area (Å²) in [5, 5.41) is 10.5. The van der Waals surface area contributed by atoms with Crippen molar-refractivity contribution < 1.29 is 9.90 Å². The van der Waals surface area contributed by atoms with Gasteiger partial charge in [0.1, 0.15) is 5.56 Å². The number of aromatic nitrogens is 1. The average molecular weight is 392 g/mol. The van der Waals surface area contributed by atoms with Crippen LogP contribution in [-0.4, -0.2) is 15.6 Å². The zero-order valence-electron chi connectivity index (χ0n) is 14.6. The van der Waals surface area contributed by atoms with Crippen LogP contribution >= 0.6 is 23.2 Å². The van der Waals surface area contributed by atoms with E-state index in [1.54, 1.807) is 18.2 Å². The van der Waals surface area contributed by atoms with E-state index in [4.69, 9.17) is 23.2 Å². The quantitative estimate of drug-likeness (QED) is 0.756.